The predicted octanol–water partition coefficient (Wildman–Crippen LogP) is -4.03. The lowest BCUT2D eigenvalue weighted by atomic mass is 10.0. The van der Waals surface area contributed by atoms with Crippen LogP contribution in [0.5, 0.6) is 0 Å². The van der Waals surface area contributed by atoms with E-state index in [0.29, 0.717) is 0 Å². The first-order valence-electron chi connectivity index (χ1n) is 7.46. The first-order chi connectivity index (χ1) is 11.3. The average molecular weight is 372 g/mol. The summed E-state index contributed by atoms with van der Waals surface area (Å²) in [7, 11) is 1.30. The number of methoxy groups -OCH3 is 1. The fraction of sp³-hybridized carbons (Fsp3) is 1.00. The first kappa shape index (κ1) is 20.3. The van der Waals surface area contributed by atoms with Crippen LogP contribution < -0.4 is 0 Å². The second-order valence-corrected chi connectivity index (χ2v) is 7.10. The molecule has 24 heavy (non-hydrogen) atoms. The smallest absolute Gasteiger partial charge is 0.182 e. The Bertz CT molecular complexity index is 399. The molecular weight excluding hydrogens is 348 g/mol. The SMILES string of the molecule is CO[C@H]1O[C@H](CO)[C@@H](O)[C@H](O)[C@@H]1S[C@H]1[C@H](O)[C@@H](CO)OC(O)[C@@H]1O. The van der Waals surface area contributed by atoms with Crippen LogP contribution in [-0.4, -0.2) is 116 Å². The molecule has 10 atom stereocenters. The maximum atomic E-state index is 10.3. The lowest BCUT2D eigenvalue weighted by Gasteiger charge is -2.45. The Kier molecular flexibility index (Phi) is 7.22. The molecule has 0 aromatic carbocycles. The molecule has 7 N–H and O–H groups in total. The molecule has 2 aliphatic rings. The Morgan fingerprint density at radius 1 is 0.792 bits per heavy atom. The fourth-order valence-corrected chi connectivity index (χ4v) is 4.42. The molecule has 0 aromatic rings. The second-order valence-electron chi connectivity index (χ2n) is 5.74. The van der Waals surface area contributed by atoms with Gasteiger partial charge in [0.05, 0.1) is 35.9 Å². The average Bonchev–Trinajstić information content (AvgIpc) is 2.58. The Balaban J connectivity index is 2.16. The van der Waals surface area contributed by atoms with Crippen molar-refractivity contribution >= 4 is 11.8 Å². The molecule has 0 saturated carbocycles. The lowest BCUT2D eigenvalue weighted by Crippen LogP contribution is -2.61. The van der Waals surface area contributed by atoms with Crippen LogP contribution >= 0.6 is 11.8 Å². The summed E-state index contributed by atoms with van der Waals surface area (Å²) in [4.78, 5) is 0. The van der Waals surface area contributed by atoms with Crippen molar-refractivity contribution in [3.8, 4) is 0 Å². The van der Waals surface area contributed by atoms with Crippen LogP contribution in [-0.2, 0) is 14.2 Å². The van der Waals surface area contributed by atoms with Crippen LogP contribution in [0, 0.1) is 0 Å². The molecule has 0 aliphatic carbocycles. The summed E-state index contributed by atoms with van der Waals surface area (Å²) in [6.07, 6.45) is -10.4. The topological polar surface area (TPSA) is 169 Å². The molecular formula is C13H24O10S. The van der Waals surface area contributed by atoms with Gasteiger partial charge in [0.15, 0.2) is 12.6 Å². The molecule has 0 radical (unpaired) electrons. The van der Waals surface area contributed by atoms with E-state index in [1.165, 1.54) is 7.11 Å². The molecule has 0 amide bonds. The summed E-state index contributed by atoms with van der Waals surface area (Å²) >= 11 is 0.845. The minimum absolute atomic E-state index is 0.525. The van der Waals surface area contributed by atoms with Crippen molar-refractivity contribution in [2.75, 3.05) is 20.3 Å². The Hall–Kier alpha value is -0.0500. The molecule has 142 valence electrons. The maximum absolute atomic E-state index is 10.3. The summed E-state index contributed by atoms with van der Waals surface area (Å²) in [5.41, 5.74) is 0. The quantitative estimate of drug-likeness (QED) is 0.251. The van der Waals surface area contributed by atoms with Gasteiger partial charge in [0, 0.05) is 7.11 Å². The molecule has 2 saturated heterocycles. The van der Waals surface area contributed by atoms with Gasteiger partial charge in [-0.05, 0) is 0 Å². The van der Waals surface area contributed by atoms with Crippen LogP contribution in [0.15, 0.2) is 0 Å². The van der Waals surface area contributed by atoms with Gasteiger partial charge in [0.1, 0.15) is 24.4 Å². The highest BCUT2D eigenvalue weighted by atomic mass is 32.2. The van der Waals surface area contributed by atoms with Gasteiger partial charge in [-0.1, -0.05) is 0 Å². The molecule has 0 aromatic heterocycles. The third kappa shape index (κ3) is 3.86. The Morgan fingerprint density at radius 3 is 1.92 bits per heavy atom. The van der Waals surface area contributed by atoms with Crippen LogP contribution in [0.2, 0.25) is 0 Å². The predicted molar refractivity (Wildman–Crippen MR) is 79.9 cm³/mol. The van der Waals surface area contributed by atoms with Crippen molar-refractivity contribution in [1.29, 1.82) is 0 Å². The maximum Gasteiger partial charge on any atom is 0.182 e. The van der Waals surface area contributed by atoms with E-state index in [2.05, 4.69) is 0 Å². The van der Waals surface area contributed by atoms with Crippen molar-refractivity contribution in [3.63, 3.8) is 0 Å². The van der Waals surface area contributed by atoms with E-state index in [1.807, 2.05) is 0 Å². The minimum atomic E-state index is -1.62. The van der Waals surface area contributed by atoms with Crippen molar-refractivity contribution < 1.29 is 50.0 Å². The highest BCUT2D eigenvalue weighted by molar-refractivity contribution is 8.00. The van der Waals surface area contributed by atoms with Gasteiger partial charge in [-0.15, -0.1) is 11.8 Å². The zero-order valence-corrected chi connectivity index (χ0v) is 13.8. The first-order valence-corrected chi connectivity index (χ1v) is 8.41. The summed E-state index contributed by atoms with van der Waals surface area (Å²) in [6.45, 7) is -1.10. The third-order valence-electron chi connectivity index (χ3n) is 4.21. The number of aliphatic hydroxyl groups is 7. The van der Waals surface area contributed by atoms with Gasteiger partial charge < -0.3 is 50.0 Å². The minimum Gasteiger partial charge on any atom is -0.394 e. The largest absolute Gasteiger partial charge is 0.394 e. The fourth-order valence-electron chi connectivity index (χ4n) is 2.80. The van der Waals surface area contributed by atoms with E-state index in [0.717, 1.165) is 11.8 Å². The van der Waals surface area contributed by atoms with Gasteiger partial charge in [-0.2, -0.15) is 0 Å². The van der Waals surface area contributed by atoms with E-state index in [1.54, 1.807) is 0 Å². The molecule has 0 spiro atoms. The van der Waals surface area contributed by atoms with Crippen LogP contribution in [0.3, 0.4) is 0 Å². The van der Waals surface area contributed by atoms with Crippen LogP contribution in [0.4, 0.5) is 0 Å². The monoisotopic (exact) mass is 372 g/mol. The van der Waals surface area contributed by atoms with E-state index in [4.69, 9.17) is 19.3 Å². The molecule has 2 fully saturated rings. The molecule has 0 bridgehead atoms. The van der Waals surface area contributed by atoms with Crippen LogP contribution in [0.1, 0.15) is 0 Å². The van der Waals surface area contributed by atoms with Crippen molar-refractivity contribution in [2.45, 2.75) is 59.7 Å². The van der Waals surface area contributed by atoms with Crippen molar-refractivity contribution in [2.24, 2.45) is 0 Å². The molecule has 2 heterocycles. The standard InChI is InChI=1S/C13H24O10S/c1-21-13-11(8(18)6(16)4(2-14)23-13)24-10-7(17)5(3-15)22-12(20)9(10)19/h4-20H,2-3H2,1H3/t4-,5-,6-,7-,8+,9-,10+,11+,12?,13+/m1/s1. The summed E-state index contributed by atoms with van der Waals surface area (Å²) in [5, 5.41) is 66.7. The molecule has 2 rings (SSSR count). The van der Waals surface area contributed by atoms with Crippen LogP contribution in [0.25, 0.3) is 0 Å². The van der Waals surface area contributed by atoms with E-state index < -0.39 is 72.9 Å². The number of hydrogen-bond acceptors (Lipinski definition) is 11. The Morgan fingerprint density at radius 2 is 1.38 bits per heavy atom. The van der Waals surface area contributed by atoms with Crippen molar-refractivity contribution in [1.82, 2.24) is 0 Å². The molecule has 11 heteroatoms. The highest BCUT2D eigenvalue weighted by Gasteiger charge is 2.50. The molecule has 1 unspecified atom stereocenters. The normalized spacial score (nSPS) is 50.0. The molecule has 10 nitrogen and oxygen atoms in total. The third-order valence-corrected chi connectivity index (χ3v) is 5.90. The van der Waals surface area contributed by atoms with Gasteiger partial charge in [0.25, 0.3) is 0 Å². The van der Waals surface area contributed by atoms with Crippen molar-refractivity contribution in [3.05, 3.63) is 0 Å². The number of hydrogen-bond donors (Lipinski definition) is 7. The van der Waals surface area contributed by atoms with Gasteiger partial charge >= 0.3 is 0 Å². The zero-order chi connectivity index (χ0) is 18.0. The van der Waals surface area contributed by atoms with E-state index in [-0.39, 0.29) is 0 Å². The van der Waals surface area contributed by atoms with Gasteiger partial charge in [-0.25, -0.2) is 0 Å². The van der Waals surface area contributed by atoms with Gasteiger partial charge in [-0.3, -0.25) is 0 Å². The highest BCUT2D eigenvalue weighted by Crippen LogP contribution is 2.38. The number of thioether (sulfide) groups is 1. The van der Waals surface area contributed by atoms with E-state index >= 15 is 0 Å². The van der Waals surface area contributed by atoms with E-state index in [9.17, 15) is 30.6 Å². The summed E-state index contributed by atoms with van der Waals surface area (Å²) in [6, 6.07) is 0. The lowest BCUT2D eigenvalue weighted by molar-refractivity contribution is -0.251. The zero-order valence-electron chi connectivity index (χ0n) is 13.0. The number of rotatable bonds is 5. The summed E-state index contributed by atoms with van der Waals surface area (Å²) < 4.78 is 15.4. The second kappa shape index (κ2) is 8.56. The summed E-state index contributed by atoms with van der Waals surface area (Å²) in [5.74, 6) is 0. The number of ether oxygens (including phenoxy) is 3. The number of aliphatic hydroxyl groups excluding tert-OH is 7. The van der Waals surface area contributed by atoms with Gasteiger partial charge in [0.2, 0.25) is 0 Å². The Labute approximate surface area is 142 Å². The molecule has 2 aliphatic heterocycles.